The maximum absolute atomic E-state index is 13.8. The number of benzene rings is 2. The van der Waals surface area contributed by atoms with E-state index in [9.17, 15) is 9.59 Å². The summed E-state index contributed by atoms with van der Waals surface area (Å²) in [6.45, 7) is 4.74. The van der Waals surface area contributed by atoms with Crippen LogP contribution in [0.4, 0.5) is 0 Å². The number of pyridine rings is 1. The Morgan fingerprint density at radius 3 is 2.29 bits per heavy atom. The van der Waals surface area contributed by atoms with Gasteiger partial charge in [0.15, 0.2) is 0 Å². The molecule has 1 aliphatic rings. The number of aromatic nitrogens is 3. The van der Waals surface area contributed by atoms with Crippen LogP contribution in [-0.4, -0.2) is 56.8 Å². The second-order valence-corrected chi connectivity index (χ2v) is 9.30. The molecule has 2 aromatic heterocycles. The summed E-state index contributed by atoms with van der Waals surface area (Å²) < 4.78 is 7.58. The first-order valence-electron chi connectivity index (χ1n) is 12.6. The highest BCUT2D eigenvalue weighted by Crippen LogP contribution is 2.26. The molecular weight excluding hydrogens is 478 g/mol. The Kier molecular flexibility index (Phi) is 7.42. The summed E-state index contributed by atoms with van der Waals surface area (Å²) in [5.74, 6) is -0.640. The van der Waals surface area contributed by atoms with Crippen molar-refractivity contribution in [2.75, 3.05) is 13.1 Å². The van der Waals surface area contributed by atoms with Gasteiger partial charge in [0.1, 0.15) is 11.4 Å². The Morgan fingerprint density at radius 2 is 1.63 bits per heavy atom. The van der Waals surface area contributed by atoms with Crippen molar-refractivity contribution < 1.29 is 14.3 Å². The van der Waals surface area contributed by atoms with Crippen molar-refractivity contribution in [2.45, 2.75) is 26.1 Å². The van der Waals surface area contributed by atoms with Crippen molar-refractivity contribution in [3.8, 4) is 16.9 Å². The predicted molar refractivity (Wildman–Crippen MR) is 145 cm³/mol. The molecule has 5 rings (SSSR count). The van der Waals surface area contributed by atoms with Gasteiger partial charge in [-0.05, 0) is 56.3 Å². The van der Waals surface area contributed by atoms with Crippen LogP contribution in [0, 0.1) is 0 Å². The summed E-state index contributed by atoms with van der Waals surface area (Å²) in [6.07, 6.45) is 6.75. The van der Waals surface area contributed by atoms with Crippen LogP contribution < -0.4 is 5.32 Å². The first kappa shape index (κ1) is 25.1. The average molecular weight is 508 g/mol. The number of carbonyl (C=O) groups excluding carboxylic acids is 2. The smallest absolute Gasteiger partial charge is 0.270 e. The van der Waals surface area contributed by atoms with Gasteiger partial charge in [-0.15, -0.1) is 0 Å². The minimum atomic E-state index is -0.363. The molecule has 0 bridgehead atoms. The third kappa shape index (κ3) is 5.71. The standard InChI is InChI=1S/C30H29N5O3/c1-21-18-34(19-22(2)38-21)30(37)27(32-29(36)23-10-5-3-6-11-23)16-25-20-35(26-13-7-4-8-14-26)33-28(25)24-12-9-15-31-17-24/h3-17,20-22H,18-19H2,1-2H3,(H,32,36)/b27-16-/t21-,22+. The SMILES string of the molecule is C[C@@H]1CN(C(=O)/C(=C/c2cn(-c3ccccc3)nc2-c2cccnc2)NC(=O)c2ccccc2)C[C@H](C)O1. The first-order chi connectivity index (χ1) is 18.5. The van der Waals surface area contributed by atoms with Crippen LogP contribution in [0.3, 0.4) is 0 Å². The topological polar surface area (TPSA) is 89.4 Å². The molecule has 1 saturated heterocycles. The van der Waals surface area contributed by atoms with Gasteiger partial charge in [0.05, 0.1) is 17.9 Å². The number of morpholine rings is 1. The number of amides is 2. The maximum atomic E-state index is 13.8. The molecule has 8 heteroatoms. The number of ether oxygens (including phenoxy) is 1. The molecule has 1 fully saturated rings. The lowest BCUT2D eigenvalue weighted by atomic mass is 10.1. The fraction of sp³-hybridized carbons (Fsp3) is 0.200. The number of para-hydroxylation sites is 1. The summed E-state index contributed by atoms with van der Waals surface area (Å²) in [6, 6.07) is 22.3. The molecule has 2 aromatic carbocycles. The first-order valence-corrected chi connectivity index (χ1v) is 12.6. The monoisotopic (exact) mass is 507 g/mol. The molecule has 0 aliphatic carbocycles. The zero-order chi connectivity index (χ0) is 26.5. The fourth-order valence-corrected chi connectivity index (χ4v) is 4.54. The summed E-state index contributed by atoms with van der Waals surface area (Å²) in [5, 5.41) is 7.69. The number of carbonyl (C=O) groups is 2. The molecule has 38 heavy (non-hydrogen) atoms. The van der Waals surface area contributed by atoms with Crippen molar-refractivity contribution in [1.82, 2.24) is 25.0 Å². The zero-order valence-corrected chi connectivity index (χ0v) is 21.3. The number of rotatable bonds is 6. The van der Waals surface area contributed by atoms with Crippen LogP contribution >= 0.6 is 0 Å². The maximum Gasteiger partial charge on any atom is 0.270 e. The summed E-state index contributed by atoms with van der Waals surface area (Å²) in [4.78, 5) is 33.0. The Bertz CT molecular complexity index is 1420. The Hall–Kier alpha value is -4.56. The van der Waals surface area contributed by atoms with Crippen LogP contribution in [0.15, 0.2) is 97.1 Å². The van der Waals surface area contributed by atoms with Crippen molar-refractivity contribution in [1.29, 1.82) is 0 Å². The summed E-state index contributed by atoms with van der Waals surface area (Å²) in [7, 11) is 0. The van der Waals surface area contributed by atoms with Gasteiger partial charge in [0.2, 0.25) is 0 Å². The van der Waals surface area contributed by atoms with Gasteiger partial charge in [-0.1, -0.05) is 36.4 Å². The molecule has 192 valence electrons. The number of nitrogens with one attached hydrogen (secondary N) is 1. The third-order valence-electron chi connectivity index (χ3n) is 6.22. The molecule has 0 saturated carbocycles. The molecule has 4 aromatic rings. The summed E-state index contributed by atoms with van der Waals surface area (Å²) >= 11 is 0. The van der Waals surface area contributed by atoms with Crippen molar-refractivity contribution in [3.05, 3.63) is 108 Å². The Labute approximate surface area is 221 Å². The molecular formula is C30H29N5O3. The number of hydrogen-bond acceptors (Lipinski definition) is 5. The molecule has 8 nitrogen and oxygen atoms in total. The van der Waals surface area contributed by atoms with Crippen LogP contribution in [-0.2, 0) is 9.53 Å². The second-order valence-electron chi connectivity index (χ2n) is 9.30. The number of hydrogen-bond donors (Lipinski definition) is 1. The average Bonchev–Trinajstić information content (AvgIpc) is 3.37. The van der Waals surface area contributed by atoms with Gasteiger partial charge < -0.3 is 15.0 Å². The quantitative estimate of drug-likeness (QED) is 0.392. The van der Waals surface area contributed by atoms with Crippen LogP contribution in [0.25, 0.3) is 23.0 Å². The van der Waals surface area contributed by atoms with Gasteiger partial charge in [-0.3, -0.25) is 14.6 Å². The van der Waals surface area contributed by atoms with Crippen LogP contribution in [0.1, 0.15) is 29.8 Å². The van der Waals surface area contributed by atoms with E-state index in [0.29, 0.717) is 29.9 Å². The highest BCUT2D eigenvalue weighted by Gasteiger charge is 2.29. The highest BCUT2D eigenvalue weighted by atomic mass is 16.5. The second kappa shape index (κ2) is 11.2. The van der Waals surface area contributed by atoms with Crippen molar-refractivity contribution in [2.24, 2.45) is 0 Å². The Morgan fingerprint density at radius 1 is 0.947 bits per heavy atom. The molecule has 2 atom stereocenters. The molecule has 1 N–H and O–H groups in total. The van der Waals surface area contributed by atoms with Crippen molar-refractivity contribution in [3.63, 3.8) is 0 Å². The van der Waals surface area contributed by atoms with E-state index in [-0.39, 0.29) is 29.7 Å². The number of nitrogens with zero attached hydrogens (tertiary/aromatic N) is 4. The minimum absolute atomic E-state index is 0.111. The normalized spacial score (nSPS) is 17.7. The van der Waals surface area contributed by atoms with Gasteiger partial charge in [-0.2, -0.15) is 5.10 Å². The van der Waals surface area contributed by atoms with E-state index < -0.39 is 0 Å². The van der Waals surface area contributed by atoms with E-state index in [0.717, 1.165) is 11.3 Å². The molecule has 2 amide bonds. The van der Waals surface area contributed by atoms with E-state index in [1.807, 2.05) is 68.6 Å². The lowest BCUT2D eigenvalue weighted by Gasteiger charge is -2.35. The van der Waals surface area contributed by atoms with E-state index in [2.05, 4.69) is 10.3 Å². The molecule has 0 unspecified atom stereocenters. The largest absolute Gasteiger partial charge is 0.372 e. The van der Waals surface area contributed by atoms with E-state index >= 15 is 0 Å². The lowest BCUT2D eigenvalue weighted by molar-refractivity contribution is -0.139. The van der Waals surface area contributed by atoms with Gasteiger partial charge >= 0.3 is 0 Å². The van der Waals surface area contributed by atoms with Crippen LogP contribution in [0.5, 0.6) is 0 Å². The molecule has 0 radical (unpaired) electrons. The van der Waals surface area contributed by atoms with Gasteiger partial charge in [-0.25, -0.2) is 4.68 Å². The zero-order valence-electron chi connectivity index (χ0n) is 21.3. The van der Waals surface area contributed by atoms with E-state index in [1.54, 1.807) is 52.3 Å². The molecule has 1 aliphatic heterocycles. The van der Waals surface area contributed by atoms with E-state index in [1.165, 1.54) is 0 Å². The lowest BCUT2D eigenvalue weighted by Crippen LogP contribution is -2.50. The minimum Gasteiger partial charge on any atom is -0.372 e. The van der Waals surface area contributed by atoms with Crippen LogP contribution in [0.2, 0.25) is 0 Å². The fourth-order valence-electron chi connectivity index (χ4n) is 4.54. The predicted octanol–water partition coefficient (Wildman–Crippen LogP) is 4.34. The molecule has 0 spiro atoms. The van der Waals surface area contributed by atoms with Crippen molar-refractivity contribution >= 4 is 17.9 Å². The van der Waals surface area contributed by atoms with Gasteiger partial charge in [0.25, 0.3) is 11.8 Å². The van der Waals surface area contributed by atoms with E-state index in [4.69, 9.17) is 9.84 Å². The van der Waals surface area contributed by atoms with Gasteiger partial charge in [0, 0.05) is 48.4 Å². The highest BCUT2D eigenvalue weighted by molar-refractivity contribution is 6.05. The Balaban J connectivity index is 1.59. The summed E-state index contributed by atoms with van der Waals surface area (Å²) in [5.41, 5.74) is 3.61. The third-order valence-corrected chi connectivity index (χ3v) is 6.22. The molecule has 3 heterocycles.